The van der Waals surface area contributed by atoms with Gasteiger partial charge in [0.15, 0.2) is 0 Å². The summed E-state index contributed by atoms with van der Waals surface area (Å²) in [7, 11) is 0. The monoisotopic (exact) mass is 572 g/mol. The molecule has 0 saturated heterocycles. The van der Waals surface area contributed by atoms with Crippen LogP contribution in [0.25, 0.3) is 5.70 Å². The highest BCUT2D eigenvalue weighted by Crippen LogP contribution is 2.35. The lowest BCUT2D eigenvalue weighted by Crippen LogP contribution is -2.25. The van der Waals surface area contributed by atoms with E-state index in [9.17, 15) is 5.26 Å². The molecule has 1 aromatic heterocycles. The van der Waals surface area contributed by atoms with Crippen molar-refractivity contribution in [1.29, 1.82) is 5.26 Å². The minimum absolute atomic E-state index is 0.574. The molecule has 0 saturated carbocycles. The zero-order valence-corrected chi connectivity index (χ0v) is 26.8. The molecule has 4 aromatic rings. The first-order chi connectivity index (χ1) is 20.9. The molecule has 0 aliphatic rings. The number of rotatable bonds is 13. The molecule has 0 aliphatic heterocycles. The standard InChI is InChI=1S/C31H38N4.C8H10/c1-6-19-34(20-9-10-24(2)3)23-27-13-15-29(16-14-27)35(31-12-8-7-11-25(31)4)26(5)30-21-28(22-32)17-18-33-30;1-2-8-6-4-3-5-7-8/h7-8,11-18,21,24H,5-6,9-10,19-20,23H2,1-4H3;3-7H,2H2,1H3. The lowest BCUT2D eigenvalue weighted by Gasteiger charge is -2.29. The fraction of sp³-hybridized carbons (Fsp3) is 0.333. The second-order valence-corrected chi connectivity index (χ2v) is 11.4. The van der Waals surface area contributed by atoms with Gasteiger partial charge in [-0.2, -0.15) is 5.26 Å². The SMILES string of the molecule is C=C(c1cc(C#N)ccn1)N(c1ccc(CN(CCC)CCCC(C)C)cc1)c1ccccc1C.CCc1ccccc1. The summed E-state index contributed by atoms with van der Waals surface area (Å²) in [5.74, 6) is 0.752. The smallest absolute Gasteiger partial charge is 0.0992 e. The lowest BCUT2D eigenvalue weighted by molar-refractivity contribution is 0.255. The van der Waals surface area contributed by atoms with Crippen molar-refractivity contribution in [3.05, 3.63) is 132 Å². The maximum Gasteiger partial charge on any atom is 0.0992 e. The molecule has 0 amide bonds. The Morgan fingerprint density at radius 3 is 2.19 bits per heavy atom. The number of para-hydroxylation sites is 1. The second-order valence-electron chi connectivity index (χ2n) is 11.4. The molecular formula is C39H48N4. The number of aromatic nitrogens is 1. The Balaban J connectivity index is 0.000000546. The average molecular weight is 573 g/mol. The summed E-state index contributed by atoms with van der Waals surface area (Å²) >= 11 is 0. The third-order valence-electron chi connectivity index (χ3n) is 7.46. The van der Waals surface area contributed by atoms with Crippen LogP contribution in [0, 0.1) is 24.2 Å². The van der Waals surface area contributed by atoms with E-state index in [2.05, 4.69) is 123 Å². The minimum atomic E-state index is 0.574. The summed E-state index contributed by atoms with van der Waals surface area (Å²) in [4.78, 5) is 9.20. The van der Waals surface area contributed by atoms with Gasteiger partial charge in [0, 0.05) is 24.1 Å². The molecule has 0 aliphatic carbocycles. The Labute approximate surface area is 260 Å². The van der Waals surface area contributed by atoms with Crippen molar-refractivity contribution >= 4 is 17.1 Å². The van der Waals surface area contributed by atoms with Gasteiger partial charge in [-0.15, -0.1) is 0 Å². The third-order valence-corrected chi connectivity index (χ3v) is 7.46. The van der Waals surface area contributed by atoms with Crippen molar-refractivity contribution in [3.63, 3.8) is 0 Å². The summed E-state index contributed by atoms with van der Waals surface area (Å²) in [6, 6.07) is 33.2. The van der Waals surface area contributed by atoms with Gasteiger partial charge >= 0.3 is 0 Å². The zero-order chi connectivity index (χ0) is 31.0. The van der Waals surface area contributed by atoms with Crippen LogP contribution in [-0.4, -0.2) is 23.0 Å². The maximum atomic E-state index is 9.36. The average Bonchev–Trinajstić information content (AvgIpc) is 3.03. The Bertz CT molecular complexity index is 1430. The van der Waals surface area contributed by atoms with Gasteiger partial charge in [0.1, 0.15) is 0 Å². The highest BCUT2D eigenvalue weighted by Gasteiger charge is 2.18. The van der Waals surface area contributed by atoms with Crippen LogP contribution in [-0.2, 0) is 13.0 Å². The van der Waals surface area contributed by atoms with Gasteiger partial charge in [0.05, 0.1) is 23.0 Å². The van der Waals surface area contributed by atoms with Gasteiger partial charge in [0.25, 0.3) is 0 Å². The maximum absolute atomic E-state index is 9.36. The number of hydrogen-bond acceptors (Lipinski definition) is 4. The fourth-order valence-corrected chi connectivity index (χ4v) is 5.06. The quantitative estimate of drug-likeness (QED) is 0.160. The van der Waals surface area contributed by atoms with Crippen LogP contribution in [0.1, 0.15) is 74.9 Å². The molecule has 43 heavy (non-hydrogen) atoms. The predicted molar refractivity (Wildman–Crippen MR) is 183 cm³/mol. The number of anilines is 2. The minimum Gasteiger partial charge on any atom is -0.309 e. The van der Waals surface area contributed by atoms with Crippen molar-refractivity contribution in [3.8, 4) is 6.07 Å². The summed E-state index contributed by atoms with van der Waals surface area (Å²) in [6.45, 7) is 18.7. The van der Waals surface area contributed by atoms with E-state index in [-0.39, 0.29) is 0 Å². The van der Waals surface area contributed by atoms with Gasteiger partial charge in [-0.25, -0.2) is 0 Å². The van der Waals surface area contributed by atoms with Crippen LogP contribution in [0.2, 0.25) is 0 Å². The first-order valence-electron chi connectivity index (χ1n) is 15.6. The number of benzene rings is 3. The molecule has 1 heterocycles. The van der Waals surface area contributed by atoms with E-state index in [1.165, 1.54) is 24.0 Å². The van der Waals surface area contributed by atoms with E-state index in [0.29, 0.717) is 11.3 Å². The Morgan fingerprint density at radius 2 is 1.58 bits per heavy atom. The summed E-state index contributed by atoms with van der Waals surface area (Å²) in [5, 5.41) is 9.36. The molecule has 4 nitrogen and oxygen atoms in total. The highest BCUT2D eigenvalue weighted by atomic mass is 15.2. The molecule has 0 unspecified atom stereocenters. The molecule has 0 atom stereocenters. The van der Waals surface area contributed by atoms with Crippen LogP contribution in [0.4, 0.5) is 11.4 Å². The number of hydrogen-bond donors (Lipinski definition) is 0. The summed E-state index contributed by atoms with van der Waals surface area (Å²) < 4.78 is 0. The lowest BCUT2D eigenvalue weighted by atomic mass is 10.1. The second kappa shape index (κ2) is 17.7. The van der Waals surface area contributed by atoms with Crippen LogP contribution in [0.15, 0.2) is 104 Å². The summed E-state index contributed by atoms with van der Waals surface area (Å²) in [6.07, 6.45) is 6.48. The van der Waals surface area contributed by atoms with Crippen LogP contribution < -0.4 is 4.90 Å². The fourth-order valence-electron chi connectivity index (χ4n) is 5.06. The predicted octanol–water partition coefficient (Wildman–Crippen LogP) is 9.97. The van der Waals surface area contributed by atoms with Gasteiger partial charge in [-0.1, -0.05) is 94.9 Å². The molecule has 0 radical (unpaired) electrons. The molecule has 0 N–H and O–H groups in total. The van der Waals surface area contributed by atoms with E-state index in [0.717, 1.165) is 61.0 Å². The number of aryl methyl sites for hydroxylation is 2. The van der Waals surface area contributed by atoms with Crippen molar-refractivity contribution in [2.45, 2.75) is 66.8 Å². The normalized spacial score (nSPS) is 10.7. The highest BCUT2D eigenvalue weighted by molar-refractivity contribution is 5.87. The van der Waals surface area contributed by atoms with E-state index in [4.69, 9.17) is 0 Å². The summed E-state index contributed by atoms with van der Waals surface area (Å²) in [5.41, 5.74) is 7.95. The zero-order valence-electron chi connectivity index (χ0n) is 26.8. The topological polar surface area (TPSA) is 43.2 Å². The largest absolute Gasteiger partial charge is 0.309 e. The molecule has 0 fully saturated rings. The van der Waals surface area contributed by atoms with Crippen LogP contribution in [0.3, 0.4) is 0 Å². The molecule has 4 heteroatoms. The van der Waals surface area contributed by atoms with E-state index >= 15 is 0 Å². The van der Waals surface area contributed by atoms with Crippen LogP contribution >= 0.6 is 0 Å². The van der Waals surface area contributed by atoms with Crippen molar-refractivity contribution in [2.75, 3.05) is 18.0 Å². The number of nitrogens with zero attached hydrogens (tertiary/aromatic N) is 4. The Kier molecular flexibility index (Phi) is 13.7. The van der Waals surface area contributed by atoms with Crippen LogP contribution in [0.5, 0.6) is 0 Å². The van der Waals surface area contributed by atoms with Crippen molar-refractivity contribution in [1.82, 2.24) is 9.88 Å². The van der Waals surface area contributed by atoms with Gasteiger partial charge < -0.3 is 4.90 Å². The first kappa shape index (κ1) is 33.3. The van der Waals surface area contributed by atoms with Crippen molar-refractivity contribution in [2.24, 2.45) is 5.92 Å². The molecule has 3 aromatic carbocycles. The van der Waals surface area contributed by atoms with Gasteiger partial charge in [0.2, 0.25) is 0 Å². The van der Waals surface area contributed by atoms with E-state index < -0.39 is 0 Å². The number of pyridine rings is 1. The molecule has 0 bridgehead atoms. The molecule has 4 rings (SSSR count). The van der Waals surface area contributed by atoms with E-state index in [1.54, 1.807) is 18.3 Å². The Hall–Kier alpha value is -4.20. The molecule has 0 spiro atoms. The molecular weight excluding hydrogens is 524 g/mol. The first-order valence-corrected chi connectivity index (χ1v) is 15.6. The van der Waals surface area contributed by atoms with Gasteiger partial charge in [-0.3, -0.25) is 9.88 Å². The Morgan fingerprint density at radius 1 is 0.884 bits per heavy atom. The third kappa shape index (κ3) is 10.5. The number of nitriles is 1. The van der Waals surface area contributed by atoms with E-state index in [1.807, 2.05) is 18.2 Å². The molecule has 224 valence electrons. The van der Waals surface area contributed by atoms with Gasteiger partial charge in [-0.05, 0) is 98.6 Å². The van der Waals surface area contributed by atoms with Crippen molar-refractivity contribution < 1.29 is 0 Å².